The van der Waals surface area contributed by atoms with Crippen molar-refractivity contribution in [2.75, 3.05) is 0 Å². The molecular weight excluding hydrogens is 272 g/mol. The van der Waals surface area contributed by atoms with Gasteiger partial charge in [0.2, 0.25) is 0 Å². The van der Waals surface area contributed by atoms with Crippen molar-refractivity contribution in [3.8, 4) is 0 Å². The fourth-order valence-electron chi connectivity index (χ4n) is 2.60. The van der Waals surface area contributed by atoms with Crippen molar-refractivity contribution in [1.29, 1.82) is 0 Å². The molecule has 0 spiro atoms. The molecule has 0 N–H and O–H groups in total. The summed E-state index contributed by atoms with van der Waals surface area (Å²) in [5.41, 5.74) is 3.12. The first kappa shape index (κ1) is 12.7. The summed E-state index contributed by atoms with van der Waals surface area (Å²) in [6.45, 7) is 0. The van der Waals surface area contributed by atoms with Crippen LogP contribution in [0.2, 0.25) is 0 Å². The van der Waals surface area contributed by atoms with Gasteiger partial charge in [-0.25, -0.2) is 0 Å². The van der Waals surface area contributed by atoms with E-state index in [0.717, 1.165) is 21.8 Å². The number of hydrogen-bond acceptors (Lipinski definition) is 3. The molecule has 0 radical (unpaired) electrons. The van der Waals surface area contributed by atoms with Crippen LogP contribution in [0.15, 0.2) is 73.1 Å². The maximum absolute atomic E-state index is 12.7. The van der Waals surface area contributed by atoms with Crippen molar-refractivity contribution >= 4 is 27.6 Å². The van der Waals surface area contributed by atoms with Gasteiger partial charge in [0.05, 0.1) is 11.0 Å². The number of pyridine rings is 2. The van der Waals surface area contributed by atoms with Crippen LogP contribution in [0.3, 0.4) is 0 Å². The molecule has 0 unspecified atom stereocenters. The van der Waals surface area contributed by atoms with E-state index in [1.54, 1.807) is 12.4 Å². The highest BCUT2D eigenvalue weighted by Crippen LogP contribution is 2.19. The molecule has 3 heteroatoms. The Morgan fingerprint density at radius 2 is 1.18 bits per heavy atom. The van der Waals surface area contributed by atoms with Gasteiger partial charge in [0.1, 0.15) is 0 Å². The van der Waals surface area contributed by atoms with Crippen LogP contribution in [0.1, 0.15) is 15.9 Å². The minimum Gasteiger partial charge on any atom is -0.289 e. The van der Waals surface area contributed by atoms with E-state index >= 15 is 0 Å². The number of hydrogen-bond donors (Lipinski definition) is 0. The van der Waals surface area contributed by atoms with Crippen molar-refractivity contribution in [2.24, 2.45) is 0 Å². The van der Waals surface area contributed by atoms with E-state index in [2.05, 4.69) is 9.97 Å². The normalized spacial score (nSPS) is 10.9. The van der Waals surface area contributed by atoms with E-state index in [9.17, 15) is 4.79 Å². The molecule has 2 heterocycles. The quantitative estimate of drug-likeness (QED) is 0.522. The van der Waals surface area contributed by atoms with Gasteiger partial charge in [0, 0.05) is 34.3 Å². The van der Waals surface area contributed by atoms with E-state index in [4.69, 9.17) is 0 Å². The van der Waals surface area contributed by atoms with Crippen molar-refractivity contribution < 1.29 is 4.79 Å². The molecule has 0 aliphatic rings. The zero-order chi connectivity index (χ0) is 14.9. The lowest BCUT2D eigenvalue weighted by molar-refractivity contribution is 0.103. The fourth-order valence-corrected chi connectivity index (χ4v) is 2.60. The van der Waals surface area contributed by atoms with Gasteiger partial charge < -0.3 is 0 Å². The number of rotatable bonds is 2. The first-order valence-corrected chi connectivity index (χ1v) is 7.05. The number of nitrogens with zero attached hydrogens (tertiary/aromatic N) is 2. The molecule has 0 atom stereocenters. The maximum Gasteiger partial charge on any atom is 0.193 e. The average molecular weight is 284 g/mol. The van der Waals surface area contributed by atoms with Crippen LogP contribution in [0, 0.1) is 0 Å². The molecule has 0 aliphatic heterocycles. The molecule has 0 saturated carbocycles. The molecule has 22 heavy (non-hydrogen) atoms. The van der Waals surface area contributed by atoms with E-state index < -0.39 is 0 Å². The summed E-state index contributed by atoms with van der Waals surface area (Å²) in [6.07, 6.45) is 3.50. The van der Waals surface area contributed by atoms with E-state index in [0.29, 0.717) is 11.1 Å². The summed E-state index contributed by atoms with van der Waals surface area (Å²) in [7, 11) is 0. The molecule has 0 aliphatic carbocycles. The van der Waals surface area contributed by atoms with Crippen LogP contribution in [0.25, 0.3) is 21.8 Å². The molecule has 2 aromatic carbocycles. The Morgan fingerprint density at radius 1 is 0.682 bits per heavy atom. The van der Waals surface area contributed by atoms with Crippen LogP contribution >= 0.6 is 0 Å². The second kappa shape index (κ2) is 5.04. The maximum atomic E-state index is 12.7. The standard InChI is InChI=1S/C19H12N2O/c22-19(15-5-7-17-13(11-15)3-1-9-20-17)16-6-8-18-14(12-16)4-2-10-21-18/h1-12H. The number of fused-ring (bicyclic) bond motifs is 2. The van der Waals surface area contributed by atoms with Gasteiger partial charge in [-0.2, -0.15) is 0 Å². The zero-order valence-corrected chi connectivity index (χ0v) is 11.7. The van der Waals surface area contributed by atoms with Crippen LogP contribution in [-0.2, 0) is 0 Å². The summed E-state index contributed by atoms with van der Waals surface area (Å²) in [5, 5.41) is 1.94. The van der Waals surface area contributed by atoms with Gasteiger partial charge >= 0.3 is 0 Å². The number of carbonyl (C=O) groups is 1. The Kier molecular flexibility index (Phi) is 2.90. The lowest BCUT2D eigenvalue weighted by Gasteiger charge is -2.04. The Hall–Kier alpha value is -3.07. The van der Waals surface area contributed by atoms with Gasteiger partial charge in [-0.05, 0) is 48.5 Å². The summed E-state index contributed by atoms with van der Waals surface area (Å²) >= 11 is 0. The average Bonchev–Trinajstić information content (AvgIpc) is 2.60. The molecular formula is C19H12N2O. The molecule has 0 fully saturated rings. The van der Waals surface area contributed by atoms with Crippen LogP contribution in [-0.4, -0.2) is 15.8 Å². The lowest BCUT2D eigenvalue weighted by atomic mass is 10.00. The molecule has 104 valence electrons. The highest BCUT2D eigenvalue weighted by molar-refractivity contribution is 6.11. The van der Waals surface area contributed by atoms with Crippen molar-refractivity contribution in [3.63, 3.8) is 0 Å². The summed E-state index contributed by atoms with van der Waals surface area (Å²) in [6, 6.07) is 18.9. The third-order valence-corrected chi connectivity index (χ3v) is 3.73. The molecule has 4 aromatic rings. The Labute approximate surface area is 127 Å². The molecule has 4 rings (SSSR count). The summed E-state index contributed by atoms with van der Waals surface area (Å²) in [4.78, 5) is 21.2. The first-order chi connectivity index (χ1) is 10.8. The first-order valence-electron chi connectivity index (χ1n) is 7.05. The SMILES string of the molecule is O=C(c1ccc2ncccc2c1)c1ccc2ncccc2c1. The predicted octanol–water partition coefficient (Wildman–Crippen LogP) is 4.01. The molecule has 0 saturated heterocycles. The van der Waals surface area contributed by atoms with E-state index in [1.165, 1.54) is 0 Å². The second-order valence-corrected chi connectivity index (χ2v) is 5.15. The van der Waals surface area contributed by atoms with Gasteiger partial charge in [-0.15, -0.1) is 0 Å². The Morgan fingerprint density at radius 3 is 1.68 bits per heavy atom. The molecule has 0 amide bonds. The largest absolute Gasteiger partial charge is 0.289 e. The number of aromatic nitrogens is 2. The fraction of sp³-hybridized carbons (Fsp3) is 0. The number of carbonyl (C=O) groups excluding carboxylic acids is 1. The third-order valence-electron chi connectivity index (χ3n) is 3.73. The van der Waals surface area contributed by atoms with E-state index in [1.807, 2.05) is 60.7 Å². The summed E-state index contributed by atoms with van der Waals surface area (Å²) < 4.78 is 0. The highest BCUT2D eigenvalue weighted by atomic mass is 16.1. The van der Waals surface area contributed by atoms with Gasteiger partial charge in [0.15, 0.2) is 5.78 Å². The zero-order valence-electron chi connectivity index (χ0n) is 11.7. The molecule has 3 nitrogen and oxygen atoms in total. The van der Waals surface area contributed by atoms with Gasteiger partial charge in [-0.1, -0.05) is 12.1 Å². The van der Waals surface area contributed by atoms with Crippen LogP contribution in [0.5, 0.6) is 0 Å². The number of ketones is 1. The van der Waals surface area contributed by atoms with Gasteiger partial charge in [0.25, 0.3) is 0 Å². The van der Waals surface area contributed by atoms with Crippen molar-refractivity contribution in [3.05, 3.63) is 84.2 Å². The topological polar surface area (TPSA) is 42.9 Å². The van der Waals surface area contributed by atoms with Crippen LogP contribution in [0.4, 0.5) is 0 Å². The predicted molar refractivity (Wildman–Crippen MR) is 86.9 cm³/mol. The van der Waals surface area contributed by atoms with Gasteiger partial charge in [-0.3, -0.25) is 14.8 Å². The van der Waals surface area contributed by atoms with E-state index in [-0.39, 0.29) is 5.78 Å². The summed E-state index contributed by atoms with van der Waals surface area (Å²) in [5.74, 6) is 0.0107. The second-order valence-electron chi connectivity index (χ2n) is 5.15. The van der Waals surface area contributed by atoms with Crippen molar-refractivity contribution in [2.45, 2.75) is 0 Å². The molecule has 0 bridgehead atoms. The number of benzene rings is 2. The van der Waals surface area contributed by atoms with Crippen molar-refractivity contribution in [1.82, 2.24) is 9.97 Å². The smallest absolute Gasteiger partial charge is 0.193 e. The lowest BCUT2D eigenvalue weighted by Crippen LogP contribution is -2.01. The highest BCUT2D eigenvalue weighted by Gasteiger charge is 2.10. The third kappa shape index (κ3) is 2.13. The minimum absolute atomic E-state index is 0.0107. The monoisotopic (exact) mass is 284 g/mol. The minimum atomic E-state index is 0.0107. The van der Waals surface area contributed by atoms with Crippen LogP contribution < -0.4 is 0 Å². The molecule has 2 aromatic heterocycles. The Balaban J connectivity index is 1.80. The Bertz CT molecular complexity index is 927.